The van der Waals surface area contributed by atoms with E-state index >= 15 is 0 Å². The maximum atomic E-state index is 6.06. The zero-order valence-corrected chi connectivity index (χ0v) is 11.3. The Kier molecular flexibility index (Phi) is 3.25. The Hall–Kier alpha value is -2.56. The summed E-state index contributed by atoms with van der Waals surface area (Å²) in [4.78, 5) is 8.39. The lowest BCUT2D eigenvalue weighted by molar-refractivity contribution is 0.619. The Balaban J connectivity index is 1.88. The van der Waals surface area contributed by atoms with Crippen molar-refractivity contribution < 1.29 is 0 Å². The molecule has 0 saturated carbocycles. The van der Waals surface area contributed by atoms with Gasteiger partial charge in [0.15, 0.2) is 0 Å². The Labute approximate surface area is 117 Å². The third-order valence-electron chi connectivity index (χ3n) is 3.24. The van der Waals surface area contributed by atoms with Crippen LogP contribution in [0.4, 0.5) is 11.4 Å². The monoisotopic (exact) mass is 267 g/mol. The Morgan fingerprint density at radius 2 is 2.20 bits per heavy atom. The molecule has 3 rings (SSSR count). The SMILES string of the molecule is CC(Cn1ccnc1)Nc1c(N)cnc2ccccc12. The van der Waals surface area contributed by atoms with Gasteiger partial charge in [0, 0.05) is 30.4 Å². The number of hydrogen-bond donors (Lipinski definition) is 2. The van der Waals surface area contributed by atoms with Gasteiger partial charge < -0.3 is 15.6 Å². The first kappa shape index (κ1) is 12.5. The molecule has 3 N–H and O–H groups in total. The molecule has 1 aromatic carbocycles. The molecule has 2 heterocycles. The second-order valence-electron chi connectivity index (χ2n) is 4.91. The van der Waals surface area contributed by atoms with Gasteiger partial charge in [0.25, 0.3) is 0 Å². The lowest BCUT2D eigenvalue weighted by atomic mass is 10.1. The molecule has 102 valence electrons. The van der Waals surface area contributed by atoms with Gasteiger partial charge in [0.05, 0.1) is 29.4 Å². The molecule has 0 aliphatic heterocycles. The summed E-state index contributed by atoms with van der Waals surface area (Å²) in [5.74, 6) is 0. The average Bonchev–Trinajstić information content (AvgIpc) is 2.95. The van der Waals surface area contributed by atoms with Gasteiger partial charge in [-0.25, -0.2) is 4.98 Å². The van der Waals surface area contributed by atoms with E-state index in [0.717, 1.165) is 23.1 Å². The van der Waals surface area contributed by atoms with Crippen LogP contribution in [0.2, 0.25) is 0 Å². The molecule has 20 heavy (non-hydrogen) atoms. The molecule has 0 spiro atoms. The standard InChI is InChI=1S/C15H17N5/c1-11(9-20-7-6-17-10-20)19-15-12-4-2-3-5-14(12)18-8-13(15)16/h2-8,10-11H,9,16H2,1H3,(H,18,19). The molecule has 5 nitrogen and oxygen atoms in total. The molecule has 0 fully saturated rings. The van der Waals surface area contributed by atoms with Crippen LogP contribution in [-0.2, 0) is 6.54 Å². The number of benzene rings is 1. The fraction of sp³-hybridized carbons (Fsp3) is 0.200. The van der Waals surface area contributed by atoms with Gasteiger partial charge >= 0.3 is 0 Å². The van der Waals surface area contributed by atoms with Gasteiger partial charge in [-0.1, -0.05) is 18.2 Å². The van der Waals surface area contributed by atoms with E-state index in [1.807, 2.05) is 41.4 Å². The number of nitrogens with zero attached hydrogens (tertiary/aromatic N) is 3. The molecule has 5 heteroatoms. The van der Waals surface area contributed by atoms with E-state index in [2.05, 4.69) is 22.2 Å². The van der Waals surface area contributed by atoms with Gasteiger partial charge in [0.2, 0.25) is 0 Å². The molecule has 0 bridgehead atoms. The predicted octanol–water partition coefficient (Wildman–Crippen LogP) is 2.51. The van der Waals surface area contributed by atoms with E-state index in [1.54, 1.807) is 12.4 Å². The molecular weight excluding hydrogens is 250 g/mol. The second kappa shape index (κ2) is 5.21. The summed E-state index contributed by atoms with van der Waals surface area (Å²) in [6.45, 7) is 2.95. The number of anilines is 2. The quantitative estimate of drug-likeness (QED) is 0.762. The number of para-hydroxylation sites is 1. The van der Waals surface area contributed by atoms with Crippen LogP contribution in [0.15, 0.2) is 49.2 Å². The number of imidazole rings is 1. The number of nitrogens with one attached hydrogen (secondary N) is 1. The van der Waals surface area contributed by atoms with Crippen molar-refractivity contribution in [3.05, 3.63) is 49.2 Å². The second-order valence-corrected chi connectivity index (χ2v) is 4.91. The third-order valence-corrected chi connectivity index (χ3v) is 3.24. The molecule has 0 aliphatic carbocycles. The van der Waals surface area contributed by atoms with Crippen molar-refractivity contribution >= 4 is 22.3 Å². The van der Waals surface area contributed by atoms with Gasteiger partial charge in [-0.05, 0) is 13.0 Å². The van der Waals surface area contributed by atoms with Crippen molar-refractivity contribution in [3.63, 3.8) is 0 Å². The average molecular weight is 267 g/mol. The zero-order valence-electron chi connectivity index (χ0n) is 11.3. The maximum absolute atomic E-state index is 6.06. The lowest BCUT2D eigenvalue weighted by Crippen LogP contribution is -2.22. The van der Waals surface area contributed by atoms with Gasteiger partial charge in [0.1, 0.15) is 0 Å². The highest BCUT2D eigenvalue weighted by atomic mass is 15.1. The van der Waals surface area contributed by atoms with Crippen LogP contribution >= 0.6 is 0 Å². The third kappa shape index (κ3) is 2.42. The van der Waals surface area contributed by atoms with E-state index in [1.165, 1.54) is 0 Å². The first-order valence-electron chi connectivity index (χ1n) is 6.59. The van der Waals surface area contributed by atoms with Crippen LogP contribution in [-0.4, -0.2) is 20.6 Å². The van der Waals surface area contributed by atoms with E-state index in [0.29, 0.717) is 5.69 Å². The molecule has 2 aromatic heterocycles. The summed E-state index contributed by atoms with van der Waals surface area (Å²) in [5.41, 5.74) is 8.62. The topological polar surface area (TPSA) is 68.8 Å². The smallest absolute Gasteiger partial charge is 0.0946 e. The van der Waals surface area contributed by atoms with Crippen molar-refractivity contribution in [2.45, 2.75) is 19.5 Å². The predicted molar refractivity (Wildman–Crippen MR) is 81.5 cm³/mol. The highest BCUT2D eigenvalue weighted by molar-refractivity contribution is 5.96. The number of pyridine rings is 1. The van der Waals surface area contributed by atoms with Gasteiger partial charge in [-0.15, -0.1) is 0 Å². The summed E-state index contributed by atoms with van der Waals surface area (Å²) in [5, 5.41) is 4.52. The van der Waals surface area contributed by atoms with Crippen molar-refractivity contribution in [1.82, 2.24) is 14.5 Å². The Bertz CT molecular complexity index is 705. The molecule has 1 unspecified atom stereocenters. The van der Waals surface area contributed by atoms with E-state index < -0.39 is 0 Å². The Morgan fingerprint density at radius 3 is 3.00 bits per heavy atom. The molecule has 0 radical (unpaired) electrons. The Morgan fingerprint density at radius 1 is 1.35 bits per heavy atom. The largest absolute Gasteiger partial charge is 0.396 e. The van der Waals surface area contributed by atoms with Crippen molar-refractivity contribution in [3.8, 4) is 0 Å². The van der Waals surface area contributed by atoms with Crippen LogP contribution in [0.25, 0.3) is 10.9 Å². The lowest BCUT2D eigenvalue weighted by Gasteiger charge is -2.18. The summed E-state index contributed by atoms with van der Waals surface area (Å²) < 4.78 is 2.04. The number of aromatic nitrogens is 3. The van der Waals surface area contributed by atoms with Crippen LogP contribution in [0, 0.1) is 0 Å². The number of nitrogen functional groups attached to an aromatic ring is 1. The number of fused-ring (bicyclic) bond motifs is 1. The van der Waals surface area contributed by atoms with Crippen LogP contribution in [0.3, 0.4) is 0 Å². The fourth-order valence-corrected chi connectivity index (χ4v) is 2.32. The maximum Gasteiger partial charge on any atom is 0.0946 e. The van der Waals surface area contributed by atoms with Crippen LogP contribution < -0.4 is 11.1 Å². The first-order valence-corrected chi connectivity index (χ1v) is 6.59. The van der Waals surface area contributed by atoms with E-state index in [-0.39, 0.29) is 6.04 Å². The highest BCUT2D eigenvalue weighted by Gasteiger charge is 2.09. The van der Waals surface area contributed by atoms with Crippen molar-refractivity contribution in [2.75, 3.05) is 11.1 Å². The first-order chi connectivity index (χ1) is 9.74. The zero-order chi connectivity index (χ0) is 13.9. The van der Waals surface area contributed by atoms with Gasteiger partial charge in [-0.3, -0.25) is 4.98 Å². The molecule has 0 aliphatic rings. The molecule has 0 amide bonds. The molecule has 0 saturated heterocycles. The highest BCUT2D eigenvalue weighted by Crippen LogP contribution is 2.28. The fourth-order valence-electron chi connectivity index (χ4n) is 2.32. The molecule has 3 aromatic rings. The van der Waals surface area contributed by atoms with Crippen LogP contribution in [0.1, 0.15) is 6.92 Å². The minimum Gasteiger partial charge on any atom is -0.396 e. The minimum absolute atomic E-state index is 0.234. The minimum atomic E-state index is 0.234. The number of hydrogen-bond acceptors (Lipinski definition) is 4. The van der Waals surface area contributed by atoms with Gasteiger partial charge in [-0.2, -0.15) is 0 Å². The molecule has 1 atom stereocenters. The molecular formula is C15H17N5. The summed E-state index contributed by atoms with van der Waals surface area (Å²) in [6, 6.07) is 8.22. The number of nitrogens with two attached hydrogens (primary N) is 1. The normalized spacial score (nSPS) is 12.4. The van der Waals surface area contributed by atoms with Crippen molar-refractivity contribution in [2.24, 2.45) is 0 Å². The van der Waals surface area contributed by atoms with Crippen LogP contribution in [0.5, 0.6) is 0 Å². The van der Waals surface area contributed by atoms with E-state index in [4.69, 9.17) is 5.73 Å². The summed E-state index contributed by atoms with van der Waals surface area (Å²) in [7, 11) is 0. The summed E-state index contributed by atoms with van der Waals surface area (Å²) >= 11 is 0. The number of rotatable bonds is 4. The summed E-state index contributed by atoms with van der Waals surface area (Å²) in [6.07, 6.45) is 7.25. The van der Waals surface area contributed by atoms with Crippen molar-refractivity contribution in [1.29, 1.82) is 0 Å². The van der Waals surface area contributed by atoms with E-state index in [9.17, 15) is 0 Å².